The number of benzene rings is 1. The standard InChI is InChI=1S/C15H20N2O2/c1-11-6-12(2)8-13(7-11)15-9-14(17-19-15)10-16-4-5-18-3/h6-9,16H,4-5,10H2,1-3H3. The summed E-state index contributed by atoms with van der Waals surface area (Å²) in [6, 6.07) is 8.34. The van der Waals surface area contributed by atoms with Crippen LogP contribution in [-0.2, 0) is 11.3 Å². The quantitative estimate of drug-likeness (QED) is 0.811. The molecule has 2 rings (SSSR count). The Balaban J connectivity index is 2.03. The van der Waals surface area contributed by atoms with Gasteiger partial charge in [-0.3, -0.25) is 0 Å². The molecule has 4 heteroatoms. The molecule has 0 atom stereocenters. The van der Waals surface area contributed by atoms with Crippen LogP contribution in [0.15, 0.2) is 28.8 Å². The zero-order chi connectivity index (χ0) is 13.7. The highest BCUT2D eigenvalue weighted by atomic mass is 16.5. The van der Waals surface area contributed by atoms with Crippen molar-refractivity contribution in [2.75, 3.05) is 20.3 Å². The number of hydrogen-bond donors (Lipinski definition) is 1. The lowest BCUT2D eigenvalue weighted by atomic mass is 10.1. The first-order valence-corrected chi connectivity index (χ1v) is 6.43. The monoisotopic (exact) mass is 260 g/mol. The van der Waals surface area contributed by atoms with Crippen LogP contribution in [0.1, 0.15) is 16.8 Å². The van der Waals surface area contributed by atoms with E-state index in [1.165, 1.54) is 11.1 Å². The second-order valence-corrected chi connectivity index (χ2v) is 4.73. The number of aryl methyl sites for hydroxylation is 2. The minimum absolute atomic E-state index is 0.692. The van der Waals surface area contributed by atoms with E-state index in [9.17, 15) is 0 Å². The van der Waals surface area contributed by atoms with Gasteiger partial charge in [-0.15, -0.1) is 0 Å². The van der Waals surface area contributed by atoms with Crippen LogP contribution in [-0.4, -0.2) is 25.4 Å². The number of nitrogens with zero attached hydrogens (tertiary/aromatic N) is 1. The van der Waals surface area contributed by atoms with Gasteiger partial charge in [0.25, 0.3) is 0 Å². The molecular formula is C15H20N2O2. The van der Waals surface area contributed by atoms with Crippen molar-refractivity contribution in [1.82, 2.24) is 10.5 Å². The summed E-state index contributed by atoms with van der Waals surface area (Å²) in [6.45, 7) is 6.36. The molecule has 0 saturated heterocycles. The van der Waals surface area contributed by atoms with E-state index in [2.05, 4.69) is 42.5 Å². The van der Waals surface area contributed by atoms with E-state index in [1.54, 1.807) is 7.11 Å². The van der Waals surface area contributed by atoms with E-state index in [4.69, 9.17) is 9.26 Å². The molecule has 102 valence electrons. The molecule has 2 aromatic rings. The second-order valence-electron chi connectivity index (χ2n) is 4.73. The maximum absolute atomic E-state index is 5.40. The number of aromatic nitrogens is 1. The smallest absolute Gasteiger partial charge is 0.167 e. The second kappa shape index (κ2) is 6.50. The van der Waals surface area contributed by atoms with Gasteiger partial charge < -0.3 is 14.6 Å². The average Bonchev–Trinajstić information content (AvgIpc) is 2.82. The van der Waals surface area contributed by atoms with Gasteiger partial charge in [-0.25, -0.2) is 0 Å². The molecule has 0 unspecified atom stereocenters. The van der Waals surface area contributed by atoms with E-state index >= 15 is 0 Å². The molecule has 0 bridgehead atoms. The number of methoxy groups -OCH3 is 1. The maximum atomic E-state index is 5.40. The summed E-state index contributed by atoms with van der Waals surface area (Å²) in [5.41, 5.74) is 4.44. The number of nitrogens with one attached hydrogen (secondary N) is 1. The maximum Gasteiger partial charge on any atom is 0.167 e. The van der Waals surface area contributed by atoms with Crippen molar-refractivity contribution < 1.29 is 9.26 Å². The molecule has 19 heavy (non-hydrogen) atoms. The molecule has 0 aliphatic heterocycles. The predicted octanol–water partition coefficient (Wildman–Crippen LogP) is 2.69. The van der Waals surface area contributed by atoms with Gasteiger partial charge in [0, 0.05) is 31.8 Å². The highest BCUT2D eigenvalue weighted by molar-refractivity contribution is 5.59. The fourth-order valence-corrected chi connectivity index (χ4v) is 2.04. The number of hydrogen-bond acceptors (Lipinski definition) is 4. The van der Waals surface area contributed by atoms with Gasteiger partial charge in [-0.2, -0.15) is 0 Å². The Bertz CT molecular complexity index is 514. The first-order valence-electron chi connectivity index (χ1n) is 6.43. The Labute approximate surface area is 113 Å². The van der Waals surface area contributed by atoms with Crippen molar-refractivity contribution in [1.29, 1.82) is 0 Å². The van der Waals surface area contributed by atoms with Crippen LogP contribution in [0.3, 0.4) is 0 Å². The van der Waals surface area contributed by atoms with Gasteiger partial charge in [-0.05, 0) is 26.0 Å². The molecule has 1 heterocycles. The first kappa shape index (κ1) is 13.8. The lowest BCUT2D eigenvalue weighted by Gasteiger charge is -2.00. The number of ether oxygens (including phenoxy) is 1. The molecule has 0 amide bonds. The summed E-state index contributed by atoms with van der Waals surface area (Å²) < 4.78 is 10.4. The molecule has 0 spiro atoms. The fraction of sp³-hybridized carbons (Fsp3) is 0.400. The molecule has 4 nitrogen and oxygen atoms in total. The lowest BCUT2D eigenvalue weighted by molar-refractivity contribution is 0.199. The van der Waals surface area contributed by atoms with Gasteiger partial charge in [-0.1, -0.05) is 22.3 Å². The molecular weight excluding hydrogens is 240 g/mol. The normalized spacial score (nSPS) is 10.9. The highest BCUT2D eigenvalue weighted by Crippen LogP contribution is 2.22. The Morgan fingerprint density at radius 3 is 2.58 bits per heavy atom. The van der Waals surface area contributed by atoms with Crippen LogP contribution in [0.2, 0.25) is 0 Å². The van der Waals surface area contributed by atoms with Crippen LogP contribution in [0, 0.1) is 13.8 Å². The minimum atomic E-state index is 0.692. The highest BCUT2D eigenvalue weighted by Gasteiger charge is 2.07. The summed E-state index contributed by atoms with van der Waals surface area (Å²) in [5, 5.41) is 7.31. The van der Waals surface area contributed by atoms with Crippen molar-refractivity contribution in [3.8, 4) is 11.3 Å². The molecule has 1 aromatic heterocycles. The van der Waals surface area contributed by atoms with Gasteiger partial charge in [0.15, 0.2) is 5.76 Å². The summed E-state index contributed by atoms with van der Waals surface area (Å²) in [7, 11) is 1.69. The third kappa shape index (κ3) is 3.91. The molecule has 0 fully saturated rings. The minimum Gasteiger partial charge on any atom is -0.383 e. The molecule has 0 saturated carbocycles. The van der Waals surface area contributed by atoms with Crippen LogP contribution >= 0.6 is 0 Å². The van der Waals surface area contributed by atoms with Crippen LogP contribution in [0.25, 0.3) is 11.3 Å². The summed E-state index contributed by atoms with van der Waals surface area (Å²) in [6.07, 6.45) is 0. The van der Waals surface area contributed by atoms with Gasteiger partial charge >= 0.3 is 0 Å². The zero-order valence-corrected chi connectivity index (χ0v) is 11.7. The number of rotatable bonds is 6. The lowest BCUT2D eigenvalue weighted by Crippen LogP contribution is -2.18. The Morgan fingerprint density at radius 1 is 1.16 bits per heavy atom. The van der Waals surface area contributed by atoms with Gasteiger partial charge in [0.05, 0.1) is 12.3 Å². The largest absolute Gasteiger partial charge is 0.383 e. The van der Waals surface area contributed by atoms with Crippen LogP contribution < -0.4 is 5.32 Å². The molecule has 0 aliphatic carbocycles. The molecule has 1 N–H and O–H groups in total. The summed E-state index contributed by atoms with van der Waals surface area (Å²) in [5.74, 6) is 0.815. The first-order chi connectivity index (χ1) is 9.19. The molecule has 0 radical (unpaired) electrons. The fourth-order valence-electron chi connectivity index (χ4n) is 2.04. The Kier molecular flexibility index (Phi) is 4.71. The van der Waals surface area contributed by atoms with Crippen LogP contribution in [0.5, 0.6) is 0 Å². The summed E-state index contributed by atoms with van der Waals surface area (Å²) in [4.78, 5) is 0. The Hall–Kier alpha value is -1.65. The molecule has 1 aromatic carbocycles. The molecule has 0 aliphatic rings. The van der Waals surface area contributed by atoms with E-state index in [0.29, 0.717) is 13.2 Å². The third-order valence-electron chi connectivity index (χ3n) is 2.85. The van der Waals surface area contributed by atoms with Gasteiger partial charge in [0.1, 0.15) is 0 Å². The van der Waals surface area contributed by atoms with E-state index in [0.717, 1.165) is 23.6 Å². The van der Waals surface area contributed by atoms with Gasteiger partial charge in [0.2, 0.25) is 0 Å². The SMILES string of the molecule is COCCNCc1cc(-c2cc(C)cc(C)c2)on1. The van der Waals surface area contributed by atoms with Crippen LogP contribution in [0.4, 0.5) is 0 Å². The van der Waals surface area contributed by atoms with Crippen molar-refractivity contribution in [2.24, 2.45) is 0 Å². The van der Waals surface area contributed by atoms with Crippen molar-refractivity contribution in [3.05, 3.63) is 41.1 Å². The Morgan fingerprint density at radius 2 is 1.89 bits per heavy atom. The average molecular weight is 260 g/mol. The van der Waals surface area contributed by atoms with E-state index < -0.39 is 0 Å². The van der Waals surface area contributed by atoms with E-state index in [-0.39, 0.29) is 0 Å². The third-order valence-corrected chi connectivity index (χ3v) is 2.85. The van der Waals surface area contributed by atoms with Crippen molar-refractivity contribution >= 4 is 0 Å². The zero-order valence-electron chi connectivity index (χ0n) is 11.7. The van der Waals surface area contributed by atoms with E-state index in [1.807, 2.05) is 6.07 Å². The predicted molar refractivity (Wildman–Crippen MR) is 75.0 cm³/mol. The van der Waals surface area contributed by atoms with Crippen molar-refractivity contribution in [3.63, 3.8) is 0 Å². The summed E-state index contributed by atoms with van der Waals surface area (Å²) >= 11 is 0. The topological polar surface area (TPSA) is 47.3 Å². The van der Waals surface area contributed by atoms with Crippen molar-refractivity contribution in [2.45, 2.75) is 20.4 Å².